The van der Waals surface area contributed by atoms with Gasteiger partial charge in [-0.05, 0) is 40.4 Å². The van der Waals surface area contributed by atoms with Crippen LogP contribution >= 0.6 is 0 Å². The van der Waals surface area contributed by atoms with E-state index < -0.39 is 31.3 Å². The summed E-state index contributed by atoms with van der Waals surface area (Å²) in [6, 6.07) is 12.1. The van der Waals surface area contributed by atoms with Gasteiger partial charge in [-0.3, -0.25) is 0 Å². The Morgan fingerprint density at radius 2 is 1.31 bits per heavy atom. The first kappa shape index (κ1) is 21.3. The number of benzene rings is 3. The van der Waals surface area contributed by atoms with Gasteiger partial charge in [0.2, 0.25) is 0 Å². The molecule has 0 fully saturated rings. The number of hydrogen-bond acceptors (Lipinski definition) is 0. The summed E-state index contributed by atoms with van der Waals surface area (Å²) in [5, 5.41) is 0.350. The molecule has 3 rings (SSSR count). The summed E-state index contributed by atoms with van der Waals surface area (Å²) in [6.45, 7) is 7.78. The molecule has 0 bridgehead atoms. The van der Waals surface area contributed by atoms with Crippen LogP contribution < -0.4 is 5.19 Å². The summed E-state index contributed by atoms with van der Waals surface area (Å²) < 4.78 is 58.8. The third kappa shape index (κ3) is 4.30. The van der Waals surface area contributed by atoms with Crippen molar-refractivity contribution in [2.45, 2.75) is 39.4 Å². The first-order chi connectivity index (χ1) is 13.6. The smallest absolute Gasteiger partial charge is 0.166 e. The average Bonchev–Trinajstić information content (AvgIpc) is 2.64. The molecule has 0 saturated heterocycles. The van der Waals surface area contributed by atoms with Crippen molar-refractivity contribution in [1.29, 1.82) is 0 Å². The van der Waals surface area contributed by atoms with Crippen molar-refractivity contribution >= 4 is 13.3 Å². The highest BCUT2D eigenvalue weighted by atomic mass is 28.3. The molecule has 3 aromatic carbocycles. The third-order valence-electron chi connectivity index (χ3n) is 5.02. The van der Waals surface area contributed by atoms with E-state index in [1.54, 1.807) is 12.1 Å². The van der Waals surface area contributed by atoms with Gasteiger partial charge in [0, 0.05) is 5.56 Å². The molecule has 5 heteroatoms. The van der Waals surface area contributed by atoms with Crippen molar-refractivity contribution in [2.24, 2.45) is 0 Å². The first-order valence-corrected chi connectivity index (χ1v) is 13.2. The lowest BCUT2D eigenvalue weighted by molar-refractivity contribution is 0.516. The average molecular weight is 417 g/mol. The molecule has 0 aliphatic heterocycles. The number of aryl methyl sites for hydroxylation is 1. The van der Waals surface area contributed by atoms with Gasteiger partial charge in [-0.2, -0.15) is 0 Å². The summed E-state index contributed by atoms with van der Waals surface area (Å²) in [5.74, 6) is -3.62. The minimum Gasteiger partial charge on any atom is -0.206 e. The molecule has 29 heavy (non-hydrogen) atoms. The largest absolute Gasteiger partial charge is 0.206 e. The maximum atomic E-state index is 14.8. The minimum atomic E-state index is -2.08. The maximum absolute atomic E-state index is 14.8. The van der Waals surface area contributed by atoms with E-state index in [2.05, 4.69) is 6.92 Å². The van der Waals surface area contributed by atoms with E-state index in [1.807, 2.05) is 31.8 Å². The molecular formula is C24H24F4Si. The lowest BCUT2D eigenvalue weighted by Crippen LogP contribution is -2.40. The third-order valence-corrected chi connectivity index (χ3v) is 7.03. The van der Waals surface area contributed by atoms with Gasteiger partial charge in [0.15, 0.2) is 11.6 Å². The highest BCUT2D eigenvalue weighted by Gasteiger charge is 2.25. The van der Waals surface area contributed by atoms with Crippen LogP contribution in [0.4, 0.5) is 17.6 Å². The first-order valence-electron chi connectivity index (χ1n) is 9.70. The molecular weight excluding hydrogens is 392 g/mol. The summed E-state index contributed by atoms with van der Waals surface area (Å²) in [6.07, 6.45) is 1.87. The Balaban J connectivity index is 2.05. The highest BCUT2D eigenvalue weighted by molar-refractivity contribution is 6.88. The van der Waals surface area contributed by atoms with Crippen LogP contribution in [0, 0.1) is 23.3 Å². The van der Waals surface area contributed by atoms with E-state index in [1.165, 1.54) is 12.1 Å². The highest BCUT2D eigenvalue weighted by Crippen LogP contribution is 2.33. The normalized spacial score (nSPS) is 11.7. The van der Waals surface area contributed by atoms with Crippen LogP contribution in [0.3, 0.4) is 0 Å². The van der Waals surface area contributed by atoms with Crippen molar-refractivity contribution in [3.05, 3.63) is 77.4 Å². The molecule has 0 amide bonds. The predicted octanol–water partition coefficient (Wildman–Crippen LogP) is 7.07. The molecule has 3 aromatic rings. The predicted molar refractivity (Wildman–Crippen MR) is 114 cm³/mol. The zero-order chi connectivity index (χ0) is 21.3. The molecule has 0 nitrogen and oxygen atoms in total. The zero-order valence-corrected chi connectivity index (χ0v) is 18.0. The van der Waals surface area contributed by atoms with E-state index in [4.69, 9.17) is 0 Å². The van der Waals surface area contributed by atoms with Crippen LogP contribution in [0.5, 0.6) is 0 Å². The fourth-order valence-electron chi connectivity index (χ4n) is 3.48. The van der Waals surface area contributed by atoms with Crippen molar-refractivity contribution in [3.63, 3.8) is 0 Å². The number of rotatable bonds is 5. The Kier molecular flexibility index (Phi) is 5.99. The van der Waals surface area contributed by atoms with Gasteiger partial charge < -0.3 is 0 Å². The van der Waals surface area contributed by atoms with Crippen LogP contribution in [0.15, 0.2) is 48.5 Å². The zero-order valence-electron chi connectivity index (χ0n) is 17.0. The van der Waals surface area contributed by atoms with Crippen molar-refractivity contribution < 1.29 is 17.6 Å². The molecule has 0 spiro atoms. The van der Waals surface area contributed by atoms with Gasteiger partial charge in [0.1, 0.15) is 11.6 Å². The summed E-state index contributed by atoms with van der Waals surface area (Å²) in [5.41, 5.74) is 1.16. The summed E-state index contributed by atoms with van der Waals surface area (Å²) in [4.78, 5) is 0. The molecule has 152 valence electrons. The van der Waals surface area contributed by atoms with Crippen molar-refractivity contribution in [2.75, 3.05) is 0 Å². The number of halogens is 4. The molecule has 0 radical (unpaired) electrons. The fourth-order valence-corrected chi connectivity index (χ4v) is 4.83. The second-order valence-electron chi connectivity index (χ2n) is 8.30. The van der Waals surface area contributed by atoms with E-state index in [9.17, 15) is 17.6 Å². The molecule has 0 aliphatic rings. The SMILES string of the molecule is CCCc1ccc(-c2c(F)cc(-c3ccc([Si](C)(C)C)c(F)c3F)cc2F)cc1. The summed E-state index contributed by atoms with van der Waals surface area (Å²) in [7, 11) is -2.08. The number of hydrogen-bond donors (Lipinski definition) is 0. The van der Waals surface area contributed by atoms with Crippen LogP contribution in [-0.4, -0.2) is 8.07 Å². The molecule has 0 saturated carbocycles. The second kappa shape index (κ2) is 8.15. The maximum Gasteiger partial charge on any atom is 0.166 e. The second-order valence-corrected chi connectivity index (χ2v) is 13.3. The van der Waals surface area contributed by atoms with E-state index in [-0.39, 0.29) is 16.7 Å². The van der Waals surface area contributed by atoms with Crippen LogP contribution in [0.1, 0.15) is 18.9 Å². The van der Waals surface area contributed by atoms with E-state index >= 15 is 0 Å². The lowest BCUT2D eigenvalue weighted by Gasteiger charge is -2.19. The van der Waals surface area contributed by atoms with Gasteiger partial charge in [0.05, 0.1) is 13.6 Å². The lowest BCUT2D eigenvalue weighted by atomic mass is 9.97. The van der Waals surface area contributed by atoms with Gasteiger partial charge in [-0.15, -0.1) is 0 Å². The van der Waals surface area contributed by atoms with Crippen LogP contribution in [0.2, 0.25) is 19.6 Å². The fraction of sp³-hybridized carbons (Fsp3) is 0.250. The molecule has 0 N–H and O–H groups in total. The van der Waals surface area contributed by atoms with E-state index in [0.29, 0.717) is 10.8 Å². The monoisotopic (exact) mass is 416 g/mol. The Hall–Kier alpha value is -2.40. The van der Waals surface area contributed by atoms with Gasteiger partial charge in [-0.25, -0.2) is 17.6 Å². The molecule has 0 unspecified atom stereocenters. The Bertz CT molecular complexity index is 1010. The standard InChI is InChI=1S/C24H24F4Si/c1-5-6-15-7-9-16(10-8-15)22-19(25)13-17(14-20(22)26)18-11-12-21(29(2,3)4)24(28)23(18)27/h7-14H,5-6H2,1-4H3. The van der Waals surface area contributed by atoms with Crippen molar-refractivity contribution in [1.82, 2.24) is 0 Å². The Morgan fingerprint density at radius 3 is 1.83 bits per heavy atom. The minimum absolute atomic E-state index is 0.0233. The van der Waals surface area contributed by atoms with Crippen molar-refractivity contribution in [3.8, 4) is 22.3 Å². The van der Waals surface area contributed by atoms with Gasteiger partial charge >= 0.3 is 0 Å². The molecule has 0 atom stereocenters. The molecule has 0 aromatic heterocycles. The Morgan fingerprint density at radius 1 is 0.724 bits per heavy atom. The molecule has 0 aliphatic carbocycles. The summed E-state index contributed by atoms with van der Waals surface area (Å²) >= 11 is 0. The molecule has 0 heterocycles. The van der Waals surface area contributed by atoms with Crippen LogP contribution in [-0.2, 0) is 6.42 Å². The van der Waals surface area contributed by atoms with Crippen LogP contribution in [0.25, 0.3) is 22.3 Å². The topological polar surface area (TPSA) is 0 Å². The van der Waals surface area contributed by atoms with Gasteiger partial charge in [-0.1, -0.05) is 69.4 Å². The van der Waals surface area contributed by atoms with E-state index in [0.717, 1.165) is 30.5 Å². The Labute approximate surface area is 170 Å². The van der Waals surface area contributed by atoms with Gasteiger partial charge in [0.25, 0.3) is 0 Å². The quantitative estimate of drug-likeness (QED) is 0.308.